The third kappa shape index (κ3) is 4.41. The molecule has 30 heavy (non-hydrogen) atoms. The van der Waals surface area contributed by atoms with Gasteiger partial charge in [0, 0.05) is 6.42 Å². The van der Waals surface area contributed by atoms with E-state index in [4.69, 9.17) is 14.2 Å². The molecule has 2 aromatic rings. The molecule has 1 aliphatic rings. The summed E-state index contributed by atoms with van der Waals surface area (Å²) in [4.78, 5) is 12.3. The van der Waals surface area contributed by atoms with Crippen LogP contribution in [0.4, 0.5) is 4.39 Å². The quantitative estimate of drug-likeness (QED) is 0.620. The summed E-state index contributed by atoms with van der Waals surface area (Å²) < 4.78 is 58.0. The fraction of sp³-hybridized carbons (Fsp3) is 0.381. The summed E-state index contributed by atoms with van der Waals surface area (Å²) in [6.07, 6.45) is -0.683. The van der Waals surface area contributed by atoms with Gasteiger partial charge in [0.25, 0.3) is 0 Å². The van der Waals surface area contributed by atoms with Crippen molar-refractivity contribution in [3.8, 4) is 11.5 Å². The third-order valence-corrected chi connectivity index (χ3v) is 6.70. The van der Waals surface area contributed by atoms with E-state index in [2.05, 4.69) is 0 Å². The highest BCUT2D eigenvalue weighted by Gasteiger charge is 2.46. The van der Waals surface area contributed by atoms with Gasteiger partial charge in [-0.1, -0.05) is 18.2 Å². The molecule has 0 amide bonds. The monoisotopic (exact) mass is 437 g/mol. The van der Waals surface area contributed by atoms with Crippen LogP contribution in [-0.2, 0) is 19.6 Å². The minimum absolute atomic E-state index is 0.00377. The molecule has 2 unspecified atom stereocenters. The molecule has 162 valence electrons. The lowest BCUT2D eigenvalue weighted by atomic mass is 10.2. The highest BCUT2D eigenvalue weighted by molar-refractivity contribution is 7.89. The van der Waals surface area contributed by atoms with E-state index in [1.807, 2.05) is 0 Å². The van der Waals surface area contributed by atoms with Gasteiger partial charge in [0.15, 0.2) is 11.6 Å². The minimum atomic E-state index is -4.12. The van der Waals surface area contributed by atoms with Crippen LogP contribution in [0, 0.1) is 12.7 Å². The lowest BCUT2D eigenvalue weighted by molar-refractivity contribution is -0.144. The molecular weight excluding hydrogens is 413 g/mol. The summed E-state index contributed by atoms with van der Waals surface area (Å²) >= 11 is 0. The molecule has 1 aliphatic heterocycles. The van der Waals surface area contributed by atoms with E-state index >= 15 is 0 Å². The lowest BCUT2D eigenvalue weighted by Gasteiger charge is -2.23. The number of halogens is 1. The Bertz CT molecular complexity index is 1030. The van der Waals surface area contributed by atoms with Gasteiger partial charge in [-0.05, 0) is 43.7 Å². The average molecular weight is 437 g/mol. The van der Waals surface area contributed by atoms with Crippen LogP contribution in [0.25, 0.3) is 0 Å². The maximum Gasteiger partial charge on any atom is 0.324 e. The molecule has 0 bridgehead atoms. The van der Waals surface area contributed by atoms with Crippen LogP contribution in [0.3, 0.4) is 0 Å². The van der Waals surface area contributed by atoms with Crippen molar-refractivity contribution >= 4 is 16.0 Å². The van der Waals surface area contributed by atoms with Crippen molar-refractivity contribution in [3.05, 3.63) is 53.8 Å². The van der Waals surface area contributed by atoms with Crippen molar-refractivity contribution < 1.29 is 31.8 Å². The molecule has 0 saturated carbocycles. The van der Waals surface area contributed by atoms with Crippen LogP contribution in [0.5, 0.6) is 11.5 Å². The average Bonchev–Trinajstić information content (AvgIpc) is 3.15. The molecule has 0 N–H and O–H groups in total. The predicted molar refractivity (Wildman–Crippen MR) is 107 cm³/mol. The Balaban J connectivity index is 1.96. The van der Waals surface area contributed by atoms with Gasteiger partial charge in [-0.2, -0.15) is 4.31 Å². The first-order valence-corrected chi connectivity index (χ1v) is 11.0. The molecule has 1 saturated heterocycles. The first-order chi connectivity index (χ1) is 14.3. The van der Waals surface area contributed by atoms with Crippen LogP contribution >= 0.6 is 0 Å². The molecule has 0 spiro atoms. The lowest BCUT2D eigenvalue weighted by Crippen LogP contribution is -2.41. The molecule has 2 atom stereocenters. The van der Waals surface area contributed by atoms with E-state index in [9.17, 15) is 17.6 Å². The molecule has 0 radical (unpaired) electrons. The van der Waals surface area contributed by atoms with E-state index < -0.39 is 34.0 Å². The summed E-state index contributed by atoms with van der Waals surface area (Å²) in [5, 5.41) is 0. The number of hydrogen-bond donors (Lipinski definition) is 0. The van der Waals surface area contributed by atoms with E-state index in [0.717, 1.165) is 9.87 Å². The number of nitrogens with zero attached hydrogens (tertiary/aromatic N) is 1. The van der Waals surface area contributed by atoms with Gasteiger partial charge in [0.05, 0.1) is 20.3 Å². The Hall–Kier alpha value is -2.65. The Morgan fingerprint density at radius 1 is 1.20 bits per heavy atom. The Labute approximate surface area is 175 Å². The number of aryl methyl sites for hydroxylation is 1. The van der Waals surface area contributed by atoms with E-state index in [0.29, 0.717) is 0 Å². The smallest absolute Gasteiger partial charge is 0.324 e. The van der Waals surface area contributed by atoms with Gasteiger partial charge in [0.1, 0.15) is 22.8 Å². The van der Waals surface area contributed by atoms with Gasteiger partial charge in [0.2, 0.25) is 10.0 Å². The fourth-order valence-corrected chi connectivity index (χ4v) is 5.25. The number of ether oxygens (including phenoxy) is 3. The van der Waals surface area contributed by atoms with Gasteiger partial charge in [-0.15, -0.1) is 0 Å². The minimum Gasteiger partial charge on any atom is -0.492 e. The summed E-state index contributed by atoms with van der Waals surface area (Å²) in [7, 11) is -2.93. The molecule has 9 heteroatoms. The van der Waals surface area contributed by atoms with Gasteiger partial charge in [-0.25, -0.2) is 12.8 Å². The highest BCUT2D eigenvalue weighted by atomic mass is 32.2. The van der Waals surface area contributed by atoms with Gasteiger partial charge >= 0.3 is 5.97 Å². The van der Waals surface area contributed by atoms with Crippen molar-refractivity contribution in [2.45, 2.75) is 37.3 Å². The molecule has 0 aromatic heterocycles. The maximum absolute atomic E-state index is 14.0. The second-order valence-electron chi connectivity index (χ2n) is 6.90. The topological polar surface area (TPSA) is 82.1 Å². The summed E-state index contributed by atoms with van der Waals surface area (Å²) in [5.74, 6) is -1.07. The normalized spacial score (nSPS) is 19.5. The zero-order valence-electron chi connectivity index (χ0n) is 17.0. The SMILES string of the molecule is CCOc1ccc(C)cc1S(=O)(=O)N1CC(Oc2ccccc2F)CC1C(=O)OC. The van der Waals surface area contributed by atoms with Crippen LogP contribution in [0.1, 0.15) is 18.9 Å². The number of sulfonamides is 1. The molecule has 1 fully saturated rings. The highest BCUT2D eigenvalue weighted by Crippen LogP contribution is 2.34. The zero-order valence-corrected chi connectivity index (χ0v) is 17.8. The van der Waals surface area contributed by atoms with Crippen LogP contribution in [0.15, 0.2) is 47.4 Å². The predicted octanol–water partition coefficient (Wildman–Crippen LogP) is 2.92. The van der Waals surface area contributed by atoms with E-state index in [1.54, 1.807) is 32.0 Å². The summed E-state index contributed by atoms with van der Waals surface area (Å²) in [6.45, 7) is 3.67. The first kappa shape index (κ1) is 22.0. The number of para-hydroxylation sites is 1. The molecular formula is C21H24FNO6S. The molecule has 2 aromatic carbocycles. The molecule has 0 aliphatic carbocycles. The third-order valence-electron chi connectivity index (χ3n) is 4.81. The van der Waals surface area contributed by atoms with Crippen LogP contribution in [0.2, 0.25) is 0 Å². The largest absolute Gasteiger partial charge is 0.492 e. The summed E-state index contributed by atoms with van der Waals surface area (Å²) in [5.41, 5.74) is 0.727. The van der Waals surface area contributed by atoms with Crippen molar-refractivity contribution in [3.63, 3.8) is 0 Å². The van der Waals surface area contributed by atoms with E-state index in [1.165, 1.54) is 31.4 Å². The number of esters is 1. The van der Waals surface area contributed by atoms with Gasteiger partial charge < -0.3 is 14.2 Å². The van der Waals surface area contributed by atoms with Crippen LogP contribution in [-0.4, -0.2) is 51.1 Å². The Morgan fingerprint density at radius 2 is 1.93 bits per heavy atom. The standard InChI is InChI=1S/C21H24FNO6S/c1-4-28-19-10-9-14(2)11-20(19)30(25,26)23-13-15(12-17(23)21(24)27-3)29-18-8-6-5-7-16(18)22/h5-11,15,17H,4,12-13H2,1-3H3. The molecule has 7 nitrogen and oxygen atoms in total. The Morgan fingerprint density at radius 3 is 2.60 bits per heavy atom. The van der Waals surface area contributed by atoms with E-state index in [-0.39, 0.29) is 36.0 Å². The fourth-order valence-electron chi connectivity index (χ4n) is 3.41. The maximum atomic E-state index is 14.0. The number of rotatable bonds is 7. The van der Waals surface area contributed by atoms with Crippen LogP contribution < -0.4 is 9.47 Å². The second kappa shape index (κ2) is 9.01. The summed E-state index contributed by atoms with van der Waals surface area (Å²) in [6, 6.07) is 9.58. The second-order valence-corrected chi connectivity index (χ2v) is 8.76. The first-order valence-electron chi connectivity index (χ1n) is 9.52. The van der Waals surface area contributed by atoms with Crippen molar-refractivity contribution in [1.82, 2.24) is 4.31 Å². The zero-order chi connectivity index (χ0) is 21.9. The number of carbonyl (C=O) groups excluding carboxylic acids is 1. The van der Waals surface area contributed by atoms with Gasteiger partial charge in [-0.3, -0.25) is 4.79 Å². The van der Waals surface area contributed by atoms with Crippen molar-refractivity contribution in [1.29, 1.82) is 0 Å². The number of methoxy groups -OCH3 is 1. The van der Waals surface area contributed by atoms with Crippen molar-refractivity contribution in [2.24, 2.45) is 0 Å². The van der Waals surface area contributed by atoms with Crippen molar-refractivity contribution in [2.75, 3.05) is 20.3 Å². The number of benzene rings is 2. The molecule has 3 rings (SSSR count). The Kier molecular flexibility index (Phi) is 6.62. The number of hydrogen-bond acceptors (Lipinski definition) is 6. The molecule has 1 heterocycles. The number of carbonyl (C=O) groups is 1.